The van der Waals surface area contributed by atoms with Crippen LogP contribution in [-0.4, -0.2) is 24.1 Å². The Balaban J connectivity index is 1.39. The van der Waals surface area contributed by atoms with Crippen molar-refractivity contribution < 1.29 is 23.9 Å². The molecule has 6 nitrogen and oxygen atoms in total. The Morgan fingerprint density at radius 2 is 1.59 bits per heavy atom. The zero-order chi connectivity index (χ0) is 23.7. The van der Waals surface area contributed by atoms with Gasteiger partial charge in [-0.2, -0.15) is 0 Å². The molecule has 7 heteroatoms. The number of carbonyl (C=O) groups excluding carboxylic acids is 3. The molecule has 0 spiro atoms. The number of ether oxygens (including phenoxy) is 2. The Hall–Kier alpha value is -3.38. The second-order valence-electron chi connectivity index (χ2n) is 8.65. The lowest BCUT2D eigenvalue weighted by Crippen LogP contribution is -2.30. The topological polar surface area (TPSA) is 81.7 Å². The lowest BCUT2D eigenvalue weighted by atomic mass is 9.73. The Morgan fingerprint density at radius 1 is 0.941 bits per heavy atom. The van der Waals surface area contributed by atoms with Crippen LogP contribution < -0.4 is 10.1 Å². The van der Waals surface area contributed by atoms with Crippen LogP contribution in [0.2, 0.25) is 5.02 Å². The van der Waals surface area contributed by atoms with Crippen molar-refractivity contribution in [3.63, 3.8) is 0 Å². The van der Waals surface area contributed by atoms with E-state index in [0.29, 0.717) is 64.8 Å². The second kappa shape index (κ2) is 9.47. The average molecular weight is 478 g/mol. The summed E-state index contributed by atoms with van der Waals surface area (Å²) in [5.41, 5.74) is 2.58. The number of hydrogen-bond acceptors (Lipinski definition) is 5. The van der Waals surface area contributed by atoms with Gasteiger partial charge in [0.25, 0.3) is 5.91 Å². The van der Waals surface area contributed by atoms with E-state index in [1.54, 1.807) is 24.3 Å². The third-order valence-corrected chi connectivity index (χ3v) is 6.64. The van der Waals surface area contributed by atoms with E-state index in [0.717, 1.165) is 18.4 Å². The van der Waals surface area contributed by atoms with Crippen molar-refractivity contribution in [1.29, 1.82) is 0 Å². The van der Waals surface area contributed by atoms with Crippen molar-refractivity contribution in [3.8, 4) is 5.75 Å². The van der Waals surface area contributed by atoms with Crippen LogP contribution in [0.1, 0.15) is 50.0 Å². The maximum Gasteiger partial charge on any atom is 0.262 e. The third kappa shape index (κ3) is 4.38. The number of ketones is 2. The van der Waals surface area contributed by atoms with Crippen molar-refractivity contribution in [3.05, 3.63) is 81.8 Å². The summed E-state index contributed by atoms with van der Waals surface area (Å²) in [4.78, 5) is 38.0. The number of para-hydroxylation sites is 1. The number of amides is 1. The molecule has 1 N–H and O–H groups in total. The molecule has 174 valence electrons. The first-order chi connectivity index (χ1) is 16.5. The van der Waals surface area contributed by atoms with Crippen molar-refractivity contribution in [2.24, 2.45) is 0 Å². The van der Waals surface area contributed by atoms with Gasteiger partial charge in [-0.1, -0.05) is 35.9 Å². The van der Waals surface area contributed by atoms with Gasteiger partial charge in [0.2, 0.25) is 0 Å². The van der Waals surface area contributed by atoms with E-state index in [1.165, 1.54) is 0 Å². The van der Waals surface area contributed by atoms with Gasteiger partial charge in [0, 0.05) is 48.4 Å². The predicted octanol–water partition coefficient (Wildman–Crippen LogP) is 5.49. The number of anilines is 1. The van der Waals surface area contributed by atoms with E-state index < -0.39 is 5.92 Å². The minimum Gasteiger partial charge on any atom is -0.482 e. The SMILES string of the molecule is O=C(COc1ccc(C2C3=C(CCCC3=O)OC3=C2C(=O)CCC3)cc1Cl)Nc1ccccc1. The van der Waals surface area contributed by atoms with Gasteiger partial charge in [0.15, 0.2) is 18.2 Å². The number of carbonyl (C=O) groups is 3. The third-order valence-electron chi connectivity index (χ3n) is 6.35. The lowest BCUT2D eigenvalue weighted by molar-refractivity contribution is -0.119. The van der Waals surface area contributed by atoms with Gasteiger partial charge >= 0.3 is 0 Å². The van der Waals surface area contributed by atoms with Gasteiger partial charge in [-0.3, -0.25) is 14.4 Å². The maximum atomic E-state index is 12.9. The monoisotopic (exact) mass is 477 g/mol. The summed E-state index contributed by atoms with van der Waals surface area (Å²) < 4.78 is 11.7. The average Bonchev–Trinajstić information content (AvgIpc) is 2.83. The molecule has 1 aliphatic heterocycles. The van der Waals surface area contributed by atoms with Gasteiger partial charge < -0.3 is 14.8 Å². The fourth-order valence-electron chi connectivity index (χ4n) is 4.83. The number of allylic oxidation sites excluding steroid dienone is 4. The van der Waals surface area contributed by atoms with Crippen LogP contribution in [0.25, 0.3) is 0 Å². The first kappa shape index (κ1) is 22.4. The van der Waals surface area contributed by atoms with Crippen LogP contribution in [0.3, 0.4) is 0 Å². The first-order valence-electron chi connectivity index (χ1n) is 11.5. The van der Waals surface area contributed by atoms with Crippen LogP contribution in [0, 0.1) is 0 Å². The molecule has 1 heterocycles. The molecule has 5 rings (SSSR count). The Morgan fingerprint density at radius 3 is 2.21 bits per heavy atom. The number of nitrogens with one attached hydrogen (secondary N) is 1. The van der Waals surface area contributed by atoms with Gasteiger partial charge in [-0.05, 0) is 42.7 Å². The van der Waals surface area contributed by atoms with E-state index in [1.807, 2.05) is 24.3 Å². The molecule has 0 saturated carbocycles. The van der Waals surface area contributed by atoms with E-state index in [9.17, 15) is 14.4 Å². The summed E-state index contributed by atoms with van der Waals surface area (Å²) in [5, 5.41) is 3.07. The fourth-order valence-corrected chi connectivity index (χ4v) is 5.07. The summed E-state index contributed by atoms with van der Waals surface area (Å²) in [6.07, 6.45) is 3.77. The molecule has 0 atom stereocenters. The summed E-state index contributed by atoms with van der Waals surface area (Å²) in [6, 6.07) is 14.3. The zero-order valence-electron chi connectivity index (χ0n) is 18.6. The number of hydrogen-bond donors (Lipinski definition) is 1. The highest BCUT2D eigenvalue weighted by Gasteiger charge is 2.41. The minimum absolute atomic E-state index is 0.0187. The van der Waals surface area contributed by atoms with Gasteiger partial charge in [-0.25, -0.2) is 0 Å². The van der Waals surface area contributed by atoms with Crippen LogP contribution in [-0.2, 0) is 19.1 Å². The standard InChI is InChI=1S/C27H24ClNO5/c28-18-14-16(12-13-21(18)33-15-24(32)29-17-6-2-1-3-7-17)25-26-19(30)8-4-10-22(26)34-23-11-5-9-20(31)27(23)25/h1-3,6-7,12-14,25H,4-5,8-11,15H2,(H,29,32). The molecule has 2 aromatic carbocycles. The predicted molar refractivity (Wildman–Crippen MR) is 128 cm³/mol. The quantitative estimate of drug-likeness (QED) is 0.616. The van der Waals surface area contributed by atoms with E-state index in [4.69, 9.17) is 21.1 Å². The smallest absolute Gasteiger partial charge is 0.262 e. The molecule has 0 bridgehead atoms. The fraction of sp³-hybridized carbons (Fsp3) is 0.296. The normalized spacial score (nSPS) is 18.3. The van der Waals surface area contributed by atoms with E-state index in [-0.39, 0.29) is 24.1 Å². The zero-order valence-corrected chi connectivity index (χ0v) is 19.3. The van der Waals surface area contributed by atoms with Crippen molar-refractivity contribution >= 4 is 34.8 Å². The van der Waals surface area contributed by atoms with Crippen molar-refractivity contribution in [2.45, 2.75) is 44.4 Å². The molecule has 2 aliphatic carbocycles. The highest BCUT2D eigenvalue weighted by atomic mass is 35.5. The summed E-state index contributed by atoms with van der Waals surface area (Å²) in [7, 11) is 0. The van der Waals surface area contributed by atoms with E-state index >= 15 is 0 Å². The summed E-state index contributed by atoms with van der Waals surface area (Å²) >= 11 is 6.53. The maximum absolute atomic E-state index is 12.9. The largest absolute Gasteiger partial charge is 0.482 e. The van der Waals surface area contributed by atoms with Gasteiger partial charge in [0.1, 0.15) is 17.3 Å². The highest BCUT2D eigenvalue weighted by Crippen LogP contribution is 2.48. The second-order valence-corrected chi connectivity index (χ2v) is 9.06. The van der Waals surface area contributed by atoms with Crippen LogP contribution in [0.4, 0.5) is 5.69 Å². The minimum atomic E-state index is -0.479. The lowest BCUT2D eigenvalue weighted by Gasteiger charge is -2.36. The first-order valence-corrected chi connectivity index (χ1v) is 11.9. The molecule has 0 aromatic heterocycles. The molecular weight excluding hydrogens is 454 g/mol. The molecule has 34 heavy (non-hydrogen) atoms. The number of halogens is 1. The van der Waals surface area contributed by atoms with Crippen LogP contribution in [0.15, 0.2) is 71.2 Å². The Labute approximate surface area is 202 Å². The molecular formula is C27H24ClNO5. The Kier molecular flexibility index (Phi) is 6.24. The highest BCUT2D eigenvalue weighted by molar-refractivity contribution is 6.32. The molecule has 0 fully saturated rings. The van der Waals surface area contributed by atoms with Gasteiger partial charge in [-0.15, -0.1) is 0 Å². The van der Waals surface area contributed by atoms with Crippen molar-refractivity contribution in [2.75, 3.05) is 11.9 Å². The molecule has 0 saturated heterocycles. The molecule has 3 aliphatic rings. The number of Topliss-reactive ketones (excluding diaryl/α,β-unsaturated/α-hetero) is 2. The molecule has 0 unspecified atom stereocenters. The van der Waals surface area contributed by atoms with E-state index in [2.05, 4.69) is 5.32 Å². The van der Waals surface area contributed by atoms with Crippen molar-refractivity contribution in [1.82, 2.24) is 0 Å². The number of rotatable bonds is 5. The molecule has 2 aromatic rings. The summed E-state index contributed by atoms with van der Waals surface area (Å²) in [5.74, 6) is 0.977. The molecule has 0 radical (unpaired) electrons. The number of benzene rings is 2. The molecule has 1 amide bonds. The summed E-state index contributed by atoms with van der Waals surface area (Å²) in [6.45, 7) is -0.202. The Bertz CT molecular complexity index is 1190. The van der Waals surface area contributed by atoms with Crippen LogP contribution in [0.5, 0.6) is 5.75 Å². The van der Waals surface area contributed by atoms with Crippen LogP contribution >= 0.6 is 11.6 Å². The van der Waals surface area contributed by atoms with Gasteiger partial charge in [0.05, 0.1) is 5.02 Å².